The number of anilines is 2. The maximum Gasteiger partial charge on any atom is 0.417 e. The first-order valence-electron chi connectivity index (χ1n) is 8.33. The quantitative estimate of drug-likeness (QED) is 0.834. The molecule has 0 aromatic carbocycles. The summed E-state index contributed by atoms with van der Waals surface area (Å²) in [4.78, 5) is 16.9. The van der Waals surface area contributed by atoms with E-state index in [1.54, 1.807) is 18.6 Å². The molecule has 2 aliphatic heterocycles. The van der Waals surface area contributed by atoms with Crippen LogP contribution in [0.5, 0.6) is 0 Å². The van der Waals surface area contributed by atoms with Crippen molar-refractivity contribution in [2.75, 3.05) is 29.4 Å². The molecule has 0 aliphatic carbocycles. The number of alkyl halides is 3. The Hall–Kier alpha value is -2.38. The molecule has 2 aromatic heterocycles. The lowest BCUT2D eigenvalue weighted by molar-refractivity contribution is -0.137. The van der Waals surface area contributed by atoms with E-state index in [2.05, 4.69) is 24.8 Å². The highest BCUT2D eigenvalue weighted by atomic mass is 19.4. The van der Waals surface area contributed by atoms with E-state index in [1.165, 1.54) is 6.07 Å². The molecular formula is C17H18F3N5. The van der Waals surface area contributed by atoms with E-state index in [4.69, 9.17) is 0 Å². The molecule has 25 heavy (non-hydrogen) atoms. The van der Waals surface area contributed by atoms with E-state index in [1.807, 2.05) is 0 Å². The smallest absolute Gasteiger partial charge is 0.355 e. The molecule has 2 fully saturated rings. The summed E-state index contributed by atoms with van der Waals surface area (Å²) < 4.78 is 38.1. The summed E-state index contributed by atoms with van der Waals surface area (Å²) in [6.07, 6.45) is 3.76. The van der Waals surface area contributed by atoms with Crippen molar-refractivity contribution in [1.82, 2.24) is 15.0 Å². The summed E-state index contributed by atoms with van der Waals surface area (Å²) in [5.74, 6) is 2.03. The van der Waals surface area contributed by atoms with E-state index in [-0.39, 0.29) is 6.04 Å². The zero-order chi connectivity index (χ0) is 17.4. The van der Waals surface area contributed by atoms with Gasteiger partial charge < -0.3 is 9.80 Å². The predicted molar refractivity (Wildman–Crippen MR) is 87.3 cm³/mol. The van der Waals surface area contributed by atoms with Crippen LogP contribution in [-0.4, -0.2) is 40.6 Å². The van der Waals surface area contributed by atoms with Crippen LogP contribution in [0.25, 0.3) is 0 Å². The van der Waals surface area contributed by atoms with Crippen LogP contribution < -0.4 is 9.80 Å². The molecule has 0 N–H and O–H groups in total. The molecule has 0 amide bonds. The number of rotatable bonds is 2. The first-order chi connectivity index (χ1) is 12.0. The van der Waals surface area contributed by atoms with Gasteiger partial charge in [0.25, 0.3) is 0 Å². The number of pyridine rings is 1. The highest BCUT2D eigenvalue weighted by Crippen LogP contribution is 2.36. The summed E-state index contributed by atoms with van der Waals surface area (Å²) in [6.45, 7) is 2.48. The van der Waals surface area contributed by atoms with Crippen molar-refractivity contribution in [3.8, 4) is 0 Å². The Morgan fingerprint density at radius 1 is 0.960 bits per heavy atom. The molecule has 2 aromatic rings. The van der Waals surface area contributed by atoms with Crippen LogP contribution in [0.2, 0.25) is 0 Å². The zero-order valence-corrected chi connectivity index (χ0v) is 13.5. The van der Waals surface area contributed by atoms with Crippen molar-refractivity contribution in [2.45, 2.75) is 25.1 Å². The highest BCUT2D eigenvalue weighted by molar-refractivity contribution is 5.45. The second-order valence-corrected chi connectivity index (χ2v) is 6.51. The molecule has 0 radical (unpaired) electrons. The fourth-order valence-electron chi connectivity index (χ4n) is 3.81. The van der Waals surface area contributed by atoms with Gasteiger partial charge in [0.05, 0.1) is 17.8 Å². The van der Waals surface area contributed by atoms with Gasteiger partial charge in [-0.25, -0.2) is 9.97 Å². The van der Waals surface area contributed by atoms with Gasteiger partial charge in [-0.3, -0.25) is 4.98 Å². The first-order valence-corrected chi connectivity index (χ1v) is 8.33. The van der Waals surface area contributed by atoms with Gasteiger partial charge in [-0.05, 0) is 30.9 Å². The number of nitrogens with zero attached hydrogens (tertiary/aromatic N) is 5. The van der Waals surface area contributed by atoms with Gasteiger partial charge in [0.15, 0.2) is 0 Å². The fraction of sp³-hybridized carbons (Fsp3) is 0.471. The van der Waals surface area contributed by atoms with E-state index < -0.39 is 11.7 Å². The van der Waals surface area contributed by atoms with Crippen molar-refractivity contribution in [3.05, 3.63) is 42.5 Å². The number of hydrogen-bond donors (Lipinski definition) is 0. The van der Waals surface area contributed by atoms with E-state index in [0.717, 1.165) is 50.6 Å². The van der Waals surface area contributed by atoms with Crippen molar-refractivity contribution in [2.24, 2.45) is 5.92 Å². The van der Waals surface area contributed by atoms with Crippen molar-refractivity contribution in [3.63, 3.8) is 0 Å². The van der Waals surface area contributed by atoms with E-state index in [9.17, 15) is 13.2 Å². The number of piperidine rings is 1. The largest absolute Gasteiger partial charge is 0.417 e. The van der Waals surface area contributed by atoms with Gasteiger partial charge in [-0.15, -0.1) is 0 Å². The third-order valence-corrected chi connectivity index (χ3v) is 5.11. The summed E-state index contributed by atoms with van der Waals surface area (Å²) in [7, 11) is 0. The highest BCUT2D eigenvalue weighted by Gasteiger charge is 2.39. The van der Waals surface area contributed by atoms with Crippen LogP contribution in [0.3, 0.4) is 0 Å². The summed E-state index contributed by atoms with van der Waals surface area (Å²) in [5.41, 5.74) is -0.715. The topological polar surface area (TPSA) is 45.2 Å². The van der Waals surface area contributed by atoms with E-state index >= 15 is 0 Å². The van der Waals surface area contributed by atoms with Crippen molar-refractivity contribution in [1.29, 1.82) is 0 Å². The van der Waals surface area contributed by atoms with Gasteiger partial charge in [-0.1, -0.05) is 0 Å². The molecule has 2 unspecified atom stereocenters. The molecule has 2 saturated heterocycles. The number of aromatic nitrogens is 3. The summed E-state index contributed by atoms with van der Waals surface area (Å²) in [5, 5.41) is 0. The third kappa shape index (κ3) is 3.12. The molecule has 0 saturated carbocycles. The molecule has 2 aliphatic rings. The van der Waals surface area contributed by atoms with Crippen LogP contribution in [0.1, 0.15) is 18.4 Å². The van der Waals surface area contributed by atoms with Crippen LogP contribution in [0.4, 0.5) is 24.8 Å². The van der Waals surface area contributed by atoms with Crippen LogP contribution >= 0.6 is 0 Å². The van der Waals surface area contributed by atoms with Gasteiger partial charge in [0.1, 0.15) is 11.6 Å². The van der Waals surface area contributed by atoms with Gasteiger partial charge >= 0.3 is 6.18 Å². The Morgan fingerprint density at radius 3 is 2.48 bits per heavy atom. The number of halogens is 3. The molecule has 0 spiro atoms. The van der Waals surface area contributed by atoms with Crippen LogP contribution in [-0.2, 0) is 6.18 Å². The Kier molecular flexibility index (Phi) is 3.97. The van der Waals surface area contributed by atoms with Crippen molar-refractivity contribution < 1.29 is 13.2 Å². The fourth-order valence-corrected chi connectivity index (χ4v) is 3.81. The maximum absolute atomic E-state index is 12.7. The Labute approximate surface area is 143 Å². The standard InChI is InChI=1S/C17H18F3N5/c18-17(19,20)13-1-2-15(23-9-13)24-7-3-12-4-8-25(14(12)11-24)16-10-21-5-6-22-16/h1-2,5-6,9-10,12,14H,3-4,7-8,11H2. The zero-order valence-electron chi connectivity index (χ0n) is 13.5. The molecule has 2 atom stereocenters. The summed E-state index contributed by atoms with van der Waals surface area (Å²) >= 11 is 0. The van der Waals surface area contributed by atoms with Crippen molar-refractivity contribution >= 4 is 11.6 Å². The lowest BCUT2D eigenvalue weighted by Gasteiger charge is -2.39. The SMILES string of the molecule is FC(F)(F)c1ccc(N2CCC3CCN(c4cnccn4)C3C2)nc1. The summed E-state index contributed by atoms with van der Waals surface area (Å²) in [6, 6.07) is 2.85. The first kappa shape index (κ1) is 16.1. The molecular weight excluding hydrogens is 331 g/mol. The lowest BCUT2D eigenvalue weighted by atomic mass is 9.92. The third-order valence-electron chi connectivity index (χ3n) is 5.11. The number of fused-ring (bicyclic) bond motifs is 1. The minimum atomic E-state index is -4.35. The lowest BCUT2D eigenvalue weighted by Crippen LogP contribution is -2.48. The second-order valence-electron chi connectivity index (χ2n) is 6.51. The minimum Gasteiger partial charge on any atom is -0.355 e. The molecule has 0 bridgehead atoms. The van der Waals surface area contributed by atoms with E-state index in [0.29, 0.717) is 11.7 Å². The normalized spacial score (nSPS) is 23.6. The average molecular weight is 349 g/mol. The van der Waals surface area contributed by atoms with Gasteiger partial charge in [0.2, 0.25) is 0 Å². The Morgan fingerprint density at radius 2 is 1.80 bits per heavy atom. The second kappa shape index (κ2) is 6.16. The Bertz CT molecular complexity index is 719. The molecule has 4 heterocycles. The van der Waals surface area contributed by atoms with Gasteiger partial charge in [-0.2, -0.15) is 13.2 Å². The molecule has 132 valence electrons. The van der Waals surface area contributed by atoms with Gasteiger partial charge in [0, 0.05) is 38.2 Å². The minimum absolute atomic E-state index is 0.287. The predicted octanol–water partition coefficient (Wildman–Crippen LogP) is 3.00. The monoisotopic (exact) mass is 349 g/mol. The average Bonchev–Trinajstić information content (AvgIpc) is 3.05. The molecule has 4 rings (SSSR count). The molecule has 5 nitrogen and oxygen atoms in total. The maximum atomic E-state index is 12.7. The van der Waals surface area contributed by atoms with Crippen LogP contribution in [0.15, 0.2) is 36.9 Å². The molecule has 8 heteroatoms. The number of hydrogen-bond acceptors (Lipinski definition) is 5. The van der Waals surface area contributed by atoms with Crippen LogP contribution in [0, 0.1) is 5.92 Å². The Balaban J connectivity index is 1.52.